The van der Waals surface area contributed by atoms with Gasteiger partial charge in [0.05, 0.1) is 21.2 Å². The van der Waals surface area contributed by atoms with Gasteiger partial charge in [0, 0.05) is 22.1 Å². The monoisotopic (exact) mass is 976 g/mol. The summed E-state index contributed by atoms with van der Waals surface area (Å²) in [6.45, 7) is 3.37. The van der Waals surface area contributed by atoms with Gasteiger partial charge in [-0.25, -0.2) is 16.8 Å². The molecule has 0 aliphatic carbocycles. The number of aromatic hydroxyl groups is 2. The Kier molecular flexibility index (Phi) is 23.3. The van der Waals surface area contributed by atoms with Crippen LogP contribution in [0.4, 0.5) is 34.1 Å². The predicted molar refractivity (Wildman–Crippen MR) is 209 cm³/mol. The molecule has 63 heavy (non-hydrogen) atoms. The van der Waals surface area contributed by atoms with Crippen molar-refractivity contribution in [2.24, 2.45) is 20.5 Å². The number of nitrogens with zero attached hydrogens (tertiary/aromatic N) is 4. The average Bonchev–Trinajstić information content (AvgIpc) is 3.09. The minimum absolute atomic E-state index is 0. The van der Waals surface area contributed by atoms with E-state index in [-0.39, 0.29) is 179 Å². The number of nitrogens with two attached hydrogens (primary N) is 2. The number of fused-ring (bicyclic) bond motifs is 2. The summed E-state index contributed by atoms with van der Waals surface area (Å²) in [4.78, 5) is -2.16. The van der Waals surface area contributed by atoms with Crippen LogP contribution in [-0.2, 0) is 64.2 Å². The van der Waals surface area contributed by atoms with Gasteiger partial charge in [0.1, 0.15) is 31.6 Å². The standard InChI is InChI=1S/C35H28N6O12S4.4Na.2H2O/c1-16-7-19(3-5-26(16)38-40-32-28(55(46)47)12-22-11-23(56(48,49)50)14-25(37)31(22)34(32)42)20-4-6-27(17(2)8-20)39-41-33-29(57(51,52)53)13-21-9-18(15-54(44)45)10-24(36)30(21)35(33)43;;;;;;/h3-14,42-43H,15,36-37H2,1-2H3,(H,48,49,50)(H,51,52,53);;;;;2*1H2/q-2;4*+1;;/p-4. The zero-order chi connectivity index (χ0) is 41.7. The molecule has 8 N–H and O–H groups in total. The maximum absolute atomic E-state index is 12.2. The number of benzene rings is 6. The van der Waals surface area contributed by atoms with Crippen molar-refractivity contribution in [3.8, 4) is 22.6 Å². The van der Waals surface area contributed by atoms with Crippen molar-refractivity contribution in [3.63, 3.8) is 0 Å². The van der Waals surface area contributed by atoms with Crippen LogP contribution in [0.15, 0.2) is 108 Å². The molecule has 28 heteroatoms. The first-order valence-electron chi connectivity index (χ1n) is 15.9. The maximum Gasteiger partial charge on any atom is 1.00 e. The van der Waals surface area contributed by atoms with E-state index in [1.165, 1.54) is 12.1 Å². The van der Waals surface area contributed by atoms with Crippen molar-refractivity contribution in [1.82, 2.24) is 0 Å². The second kappa shape index (κ2) is 24.1. The fraction of sp³-hybridized carbons (Fsp3) is 0.0857. The SMILES string of the molecule is Cc1cc(-c2ccc(N=Nc3c(S(=O)(=O)[O-])cc4cc(C[S-](=O)=O)cc(N)c4c3O)c(C)c2)ccc1N=Nc1c([S-](=O)=O)cc2cc(S(=O)(=O)[O-])cc(N)c2c1O.[Na+].[Na+].[Na+].[Na+].[OH-].[OH-]. The summed E-state index contributed by atoms with van der Waals surface area (Å²) in [5.41, 5.74) is 13.6. The molecule has 0 saturated carbocycles. The molecule has 20 nitrogen and oxygen atoms in total. The van der Waals surface area contributed by atoms with Gasteiger partial charge in [0.15, 0.2) is 11.5 Å². The molecule has 0 spiro atoms. The number of hydrogen-bond acceptors (Lipinski definition) is 22. The van der Waals surface area contributed by atoms with Gasteiger partial charge in [-0.1, -0.05) is 40.5 Å². The third kappa shape index (κ3) is 13.5. The van der Waals surface area contributed by atoms with Crippen molar-refractivity contribution in [2.45, 2.75) is 34.3 Å². The van der Waals surface area contributed by atoms with Gasteiger partial charge in [-0.2, -0.15) is 10.2 Å². The fourth-order valence-corrected chi connectivity index (χ4v) is 8.20. The second-order valence-electron chi connectivity index (χ2n) is 12.5. The van der Waals surface area contributed by atoms with Crippen LogP contribution < -0.4 is 130 Å². The number of hydrogen-bond donors (Lipinski definition) is 4. The Bertz CT molecular complexity index is 3170. The van der Waals surface area contributed by atoms with Crippen molar-refractivity contribution < 1.29 is 182 Å². The quantitative estimate of drug-likeness (QED) is 0.0327. The third-order valence-electron chi connectivity index (χ3n) is 8.66. The van der Waals surface area contributed by atoms with Crippen molar-refractivity contribution in [1.29, 1.82) is 0 Å². The summed E-state index contributed by atoms with van der Waals surface area (Å²) < 4.78 is 118. The van der Waals surface area contributed by atoms with Crippen molar-refractivity contribution in [3.05, 3.63) is 89.5 Å². The van der Waals surface area contributed by atoms with E-state index < -0.39 is 85.0 Å². The first-order chi connectivity index (χ1) is 26.6. The Morgan fingerprint density at radius 2 is 1.06 bits per heavy atom. The van der Waals surface area contributed by atoms with Crippen LogP contribution in [0.2, 0.25) is 0 Å². The largest absolute Gasteiger partial charge is 1.00 e. The molecule has 0 aliphatic rings. The fourth-order valence-electron chi connectivity index (χ4n) is 6.05. The molecule has 0 aliphatic heterocycles. The normalized spacial score (nSPS) is 11.4. The first-order valence-corrected chi connectivity index (χ1v) is 21.1. The molecule has 0 atom stereocenters. The van der Waals surface area contributed by atoms with E-state index in [9.17, 15) is 53.0 Å². The molecular formula is C35H28N6Na4O14S4-2. The van der Waals surface area contributed by atoms with Gasteiger partial charge in [-0.3, -0.25) is 0 Å². The van der Waals surface area contributed by atoms with E-state index in [0.717, 1.165) is 24.3 Å². The predicted octanol–water partition coefficient (Wildman–Crippen LogP) is -5.37. The summed E-state index contributed by atoms with van der Waals surface area (Å²) >= 11 is 0. The molecule has 6 aromatic carbocycles. The molecule has 0 bridgehead atoms. The van der Waals surface area contributed by atoms with Crippen LogP contribution in [0.25, 0.3) is 32.7 Å². The van der Waals surface area contributed by atoms with E-state index in [4.69, 9.17) is 11.5 Å². The van der Waals surface area contributed by atoms with E-state index in [2.05, 4.69) is 20.5 Å². The number of azo groups is 2. The van der Waals surface area contributed by atoms with Crippen molar-refractivity contribution in [2.75, 3.05) is 11.5 Å². The number of anilines is 2. The van der Waals surface area contributed by atoms with Gasteiger partial charge < -0.3 is 58.6 Å². The van der Waals surface area contributed by atoms with Crippen LogP contribution in [0.5, 0.6) is 11.5 Å². The van der Waals surface area contributed by atoms with Gasteiger partial charge >= 0.3 is 118 Å². The van der Waals surface area contributed by atoms with Crippen molar-refractivity contribution >= 4 is 97.3 Å². The molecule has 0 amide bonds. The Morgan fingerprint density at radius 3 is 1.51 bits per heavy atom. The van der Waals surface area contributed by atoms with Crippen LogP contribution in [0.3, 0.4) is 0 Å². The molecule has 0 saturated heterocycles. The average molecular weight is 977 g/mol. The van der Waals surface area contributed by atoms with Crippen LogP contribution in [0, 0.1) is 13.8 Å². The number of rotatable bonds is 10. The Balaban J connectivity index is 0.00000641. The first kappa shape index (κ1) is 60.9. The smallest absolute Gasteiger partial charge is 0.870 e. The van der Waals surface area contributed by atoms with Crippen LogP contribution in [-0.4, -0.2) is 47.1 Å². The van der Waals surface area contributed by atoms with Gasteiger partial charge in [-0.15, -0.1) is 10.2 Å². The number of phenolic OH excluding ortho intramolecular Hbond substituents is 2. The third-order valence-corrected chi connectivity index (χ3v) is 11.6. The van der Waals surface area contributed by atoms with E-state index in [1.807, 2.05) is 0 Å². The van der Waals surface area contributed by atoms with Crippen LogP contribution >= 0.6 is 0 Å². The minimum Gasteiger partial charge on any atom is -0.870 e. The van der Waals surface area contributed by atoms with Gasteiger partial charge in [0.2, 0.25) is 0 Å². The molecule has 0 fully saturated rings. The number of nitrogen functional groups attached to an aromatic ring is 2. The Labute approximate surface area is 451 Å². The molecule has 0 unspecified atom stereocenters. The molecular weight excluding hydrogens is 949 g/mol. The van der Waals surface area contributed by atoms with Gasteiger partial charge in [-0.05, 0) is 117 Å². The van der Waals surface area contributed by atoms with E-state index in [1.54, 1.807) is 50.2 Å². The maximum atomic E-state index is 12.2. The minimum atomic E-state index is -5.22. The van der Waals surface area contributed by atoms with Crippen LogP contribution in [0.1, 0.15) is 16.7 Å². The molecule has 0 aromatic heterocycles. The molecule has 312 valence electrons. The summed E-state index contributed by atoms with van der Waals surface area (Å²) in [6.07, 6.45) is 0. The number of aryl methyl sites for hydroxylation is 2. The molecule has 0 heterocycles. The zero-order valence-electron chi connectivity index (χ0n) is 34.1. The summed E-state index contributed by atoms with van der Waals surface area (Å²) in [5.74, 6) is -1.90. The summed E-state index contributed by atoms with van der Waals surface area (Å²) in [7, 11) is -15.7. The molecule has 6 rings (SSSR count). The topological polar surface area (TPSA) is 385 Å². The van der Waals surface area contributed by atoms with E-state index >= 15 is 0 Å². The van der Waals surface area contributed by atoms with Gasteiger partial charge in [0.25, 0.3) is 0 Å². The zero-order valence-corrected chi connectivity index (χ0v) is 45.3. The Morgan fingerprint density at radius 1 is 0.603 bits per heavy atom. The second-order valence-corrected chi connectivity index (χ2v) is 17.1. The molecule has 6 aromatic rings. The summed E-state index contributed by atoms with van der Waals surface area (Å²) in [5, 5.41) is 37.8. The molecule has 0 radical (unpaired) electrons. The summed E-state index contributed by atoms with van der Waals surface area (Å²) in [6, 6.07) is 16.2. The van der Waals surface area contributed by atoms with E-state index in [0.29, 0.717) is 22.3 Å². The Hall–Kier alpha value is -2.12. The number of phenols is 2.